The summed E-state index contributed by atoms with van der Waals surface area (Å²) in [6.45, 7) is 2.59. The lowest BCUT2D eigenvalue weighted by Crippen LogP contribution is -2.37. The van der Waals surface area contributed by atoms with Gasteiger partial charge in [-0.25, -0.2) is 0 Å². The van der Waals surface area contributed by atoms with Gasteiger partial charge in [-0.15, -0.1) is 0 Å². The molecule has 1 aromatic rings. The lowest BCUT2D eigenvalue weighted by atomic mass is 10.1. The topological polar surface area (TPSA) is 67.4 Å². The average molecular weight is 290 g/mol. The Hall–Kier alpha value is -2.04. The van der Waals surface area contributed by atoms with Gasteiger partial charge < -0.3 is 15.4 Å². The van der Waals surface area contributed by atoms with E-state index >= 15 is 0 Å². The molecule has 5 nitrogen and oxygen atoms in total. The molecular weight excluding hydrogens is 268 g/mol. The minimum absolute atomic E-state index is 0.0580. The summed E-state index contributed by atoms with van der Waals surface area (Å²) in [6.07, 6.45) is 3.05. The Kier molecular flexibility index (Phi) is 5.60. The second kappa shape index (κ2) is 7.67. The van der Waals surface area contributed by atoms with Crippen molar-refractivity contribution in [3.8, 4) is 5.75 Å². The summed E-state index contributed by atoms with van der Waals surface area (Å²) in [7, 11) is 0. The molecule has 0 aliphatic heterocycles. The van der Waals surface area contributed by atoms with Crippen LogP contribution in [0.1, 0.15) is 31.7 Å². The van der Waals surface area contributed by atoms with E-state index in [0.717, 1.165) is 24.2 Å². The van der Waals surface area contributed by atoms with E-state index in [1.807, 2.05) is 31.2 Å². The smallest absolute Gasteiger partial charge is 0.239 e. The molecule has 1 saturated carbocycles. The normalized spacial score (nSPS) is 13.6. The van der Waals surface area contributed by atoms with Gasteiger partial charge in [0.05, 0.1) is 13.2 Å². The van der Waals surface area contributed by atoms with Crippen molar-refractivity contribution in [1.29, 1.82) is 0 Å². The molecule has 0 spiro atoms. The Balaban J connectivity index is 1.71. The molecule has 2 rings (SSSR count). The van der Waals surface area contributed by atoms with E-state index in [4.69, 9.17) is 4.74 Å². The third-order valence-corrected chi connectivity index (χ3v) is 3.28. The fourth-order valence-corrected chi connectivity index (χ4v) is 2.03. The third kappa shape index (κ3) is 5.45. The van der Waals surface area contributed by atoms with Crippen LogP contribution in [0.2, 0.25) is 0 Å². The molecule has 114 valence electrons. The van der Waals surface area contributed by atoms with Gasteiger partial charge in [0.15, 0.2) is 0 Å². The Morgan fingerprint density at radius 1 is 1.24 bits per heavy atom. The third-order valence-electron chi connectivity index (χ3n) is 3.28. The fourth-order valence-electron chi connectivity index (χ4n) is 2.03. The summed E-state index contributed by atoms with van der Waals surface area (Å²) in [4.78, 5) is 23.2. The summed E-state index contributed by atoms with van der Waals surface area (Å²) < 4.78 is 5.52. The summed E-state index contributed by atoms with van der Waals surface area (Å²) >= 11 is 0. The number of carbonyl (C=O) groups excluding carboxylic acids is 2. The first-order valence-electron chi connectivity index (χ1n) is 7.45. The highest BCUT2D eigenvalue weighted by atomic mass is 16.5. The number of nitrogens with one attached hydrogen (secondary N) is 2. The lowest BCUT2D eigenvalue weighted by molar-refractivity contribution is -0.126. The minimum Gasteiger partial charge on any atom is -0.494 e. The first kappa shape index (κ1) is 15.4. The zero-order valence-electron chi connectivity index (χ0n) is 12.4. The molecule has 21 heavy (non-hydrogen) atoms. The standard InChI is InChI=1S/C16H22N2O3/c1-2-21-14-6-4-3-5-12(14)7-10-15(19)17-11-16(20)18-13-8-9-13/h3-6,13H,2,7-11H2,1H3,(H,17,19)(H,18,20). The van der Waals surface area contributed by atoms with Crippen LogP contribution in [0.25, 0.3) is 0 Å². The van der Waals surface area contributed by atoms with Crippen LogP contribution in [-0.4, -0.2) is 31.0 Å². The van der Waals surface area contributed by atoms with Crippen molar-refractivity contribution in [3.63, 3.8) is 0 Å². The number of rotatable bonds is 8. The molecular formula is C16H22N2O3. The van der Waals surface area contributed by atoms with Gasteiger partial charge in [0.2, 0.25) is 11.8 Å². The molecule has 0 heterocycles. The SMILES string of the molecule is CCOc1ccccc1CCC(=O)NCC(=O)NC1CC1. The van der Waals surface area contributed by atoms with Crippen molar-refractivity contribution < 1.29 is 14.3 Å². The summed E-state index contributed by atoms with van der Waals surface area (Å²) in [5.41, 5.74) is 1.01. The largest absolute Gasteiger partial charge is 0.494 e. The number of ether oxygens (including phenoxy) is 1. The molecule has 0 atom stereocenters. The van der Waals surface area contributed by atoms with Crippen molar-refractivity contribution in [1.82, 2.24) is 10.6 Å². The van der Waals surface area contributed by atoms with Crippen LogP contribution in [0.3, 0.4) is 0 Å². The average Bonchev–Trinajstić information content (AvgIpc) is 3.28. The number of hydrogen-bond acceptors (Lipinski definition) is 3. The molecule has 2 N–H and O–H groups in total. The van der Waals surface area contributed by atoms with Crippen LogP contribution in [0, 0.1) is 0 Å². The zero-order chi connectivity index (χ0) is 15.1. The molecule has 1 fully saturated rings. The van der Waals surface area contributed by atoms with Gasteiger partial charge in [-0.1, -0.05) is 18.2 Å². The van der Waals surface area contributed by atoms with Crippen molar-refractivity contribution >= 4 is 11.8 Å². The summed E-state index contributed by atoms with van der Waals surface area (Å²) in [5.74, 6) is 0.590. The molecule has 1 aromatic carbocycles. The molecule has 0 radical (unpaired) electrons. The molecule has 1 aliphatic carbocycles. The number of para-hydroxylation sites is 1. The van der Waals surface area contributed by atoms with Gasteiger partial charge in [0.1, 0.15) is 5.75 Å². The molecule has 1 aliphatic rings. The maximum atomic E-state index is 11.8. The van der Waals surface area contributed by atoms with Crippen molar-refractivity contribution in [2.24, 2.45) is 0 Å². The molecule has 0 aromatic heterocycles. The highest BCUT2D eigenvalue weighted by molar-refractivity contribution is 5.85. The van der Waals surface area contributed by atoms with E-state index in [2.05, 4.69) is 10.6 Å². The van der Waals surface area contributed by atoms with Crippen molar-refractivity contribution in [2.75, 3.05) is 13.2 Å². The van der Waals surface area contributed by atoms with Crippen LogP contribution in [0.4, 0.5) is 0 Å². The summed E-state index contributed by atoms with van der Waals surface area (Å²) in [6, 6.07) is 8.03. The molecule has 0 saturated heterocycles. The Bertz CT molecular complexity index is 498. The molecule has 0 bridgehead atoms. The van der Waals surface area contributed by atoms with Gasteiger partial charge in [-0.2, -0.15) is 0 Å². The number of carbonyl (C=O) groups is 2. The number of hydrogen-bond donors (Lipinski definition) is 2. The molecule has 0 unspecified atom stereocenters. The highest BCUT2D eigenvalue weighted by Crippen LogP contribution is 2.19. The van der Waals surface area contributed by atoms with E-state index < -0.39 is 0 Å². The first-order valence-corrected chi connectivity index (χ1v) is 7.45. The summed E-state index contributed by atoms with van der Waals surface area (Å²) in [5, 5.41) is 5.48. The van der Waals surface area contributed by atoms with Crippen LogP contribution >= 0.6 is 0 Å². The van der Waals surface area contributed by atoms with Gasteiger partial charge in [-0.3, -0.25) is 9.59 Å². The van der Waals surface area contributed by atoms with E-state index in [1.54, 1.807) is 0 Å². The second-order valence-electron chi connectivity index (χ2n) is 5.16. The number of aryl methyl sites for hydroxylation is 1. The van der Waals surface area contributed by atoms with E-state index in [1.165, 1.54) is 0 Å². The van der Waals surface area contributed by atoms with Crippen LogP contribution in [0.15, 0.2) is 24.3 Å². The van der Waals surface area contributed by atoms with Crippen molar-refractivity contribution in [3.05, 3.63) is 29.8 Å². The fraction of sp³-hybridized carbons (Fsp3) is 0.500. The number of amides is 2. The van der Waals surface area contributed by atoms with Gasteiger partial charge in [0, 0.05) is 12.5 Å². The maximum Gasteiger partial charge on any atom is 0.239 e. The van der Waals surface area contributed by atoms with Crippen molar-refractivity contribution in [2.45, 2.75) is 38.6 Å². The van der Waals surface area contributed by atoms with Gasteiger partial charge in [0.25, 0.3) is 0 Å². The monoisotopic (exact) mass is 290 g/mol. The molecule has 2 amide bonds. The van der Waals surface area contributed by atoms with Crippen LogP contribution < -0.4 is 15.4 Å². The zero-order valence-corrected chi connectivity index (χ0v) is 12.4. The Morgan fingerprint density at radius 2 is 2.00 bits per heavy atom. The molecule has 5 heteroatoms. The first-order chi connectivity index (χ1) is 10.2. The predicted octanol–water partition coefficient (Wildman–Crippen LogP) is 1.41. The van der Waals surface area contributed by atoms with E-state index in [0.29, 0.717) is 25.5 Å². The maximum absolute atomic E-state index is 11.8. The Morgan fingerprint density at radius 3 is 2.71 bits per heavy atom. The lowest BCUT2D eigenvalue weighted by Gasteiger charge is -2.10. The van der Waals surface area contributed by atoms with Gasteiger partial charge >= 0.3 is 0 Å². The number of benzene rings is 1. The van der Waals surface area contributed by atoms with Crippen LogP contribution in [-0.2, 0) is 16.0 Å². The van der Waals surface area contributed by atoms with Gasteiger partial charge in [-0.05, 0) is 37.8 Å². The highest BCUT2D eigenvalue weighted by Gasteiger charge is 2.23. The second-order valence-corrected chi connectivity index (χ2v) is 5.16. The van der Waals surface area contributed by atoms with Crippen LogP contribution in [0.5, 0.6) is 5.75 Å². The Labute approximate surface area is 125 Å². The predicted molar refractivity (Wildman–Crippen MR) is 80.1 cm³/mol. The van der Waals surface area contributed by atoms with E-state index in [9.17, 15) is 9.59 Å². The minimum atomic E-state index is -0.118. The quantitative estimate of drug-likeness (QED) is 0.761. The van der Waals surface area contributed by atoms with E-state index in [-0.39, 0.29) is 18.4 Å².